The number of carboxylic acid groups (broad SMARTS) is 3. The lowest BCUT2D eigenvalue weighted by atomic mass is 10.1. The molecule has 0 saturated carbocycles. The maximum Gasteiger partial charge on any atom is 0.450 e. The summed E-state index contributed by atoms with van der Waals surface area (Å²) in [5.74, 6) is 0.665. The minimum atomic E-state index is -1.62. The molecule has 10 nitrogen and oxygen atoms in total. The summed E-state index contributed by atoms with van der Waals surface area (Å²) in [6.45, 7) is 5.36. The molecule has 1 aliphatic rings. The number of azo groups is 1. The van der Waals surface area contributed by atoms with Crippen molar-refractivity contribution in [2.45, 2.75) is 45.6 Å². The summed E-state index contributed by atoms with van der Waals surface area (Å²) < 4.78 is 5.76. The van der Waals surface area contributed by atoms with Crippen LogP contribution in [-0.4, -0.2) is 57.7 Å². The molecule has 1 saturated heterocycles. The third-order valence-electron chi connectivity index (χ3n) is 3.63. The van der Waals surface area contributed by atoms with E-state index in [1.807, 2.05) is 0 Å². The first-order valence-electron chi connectivity index (χ1n) is 9.07. The Bertz CT molecular complexity index is 706. The predicted molar refractivity (Wildman–Crippen MR) is 111 cm³/mol. The number of halogens is 2. The van der Waals surface area contributed by atoms with Gasteiger partial charge in [0.2, 0.25) is 0 Å². The van der Waals surface area contributed by atoms with Crippen molar-refractivity contribution in [3.05, 3.63) is 28.2 Å². The first-order valence-corrected chi connectivity index (χ1v) is 9.83. The van der Waals surface area contributed by atoms with Gasteiger partial charge in [0.25, 0.3) is 0 Å². The summed E-state index contributed by atoms with van der Waals surface area (Å²) >= 11 is 11.7. The molecule has 12 heteroatoms. The van der Waals surface area contributed by atoms with Crippen molar-refractivity contribution in [1.29, 1.82) is 0 Å². The normalized spacial score (nSPS) is 13.5. The predicted octanol–water partition coefficient (Wildman–Crippen LogP) is 6.12. The van der Waals surface area contributed by atoms with E-state index in [4.69, 9.17) is 43.3 Å². The smallest absolute Gasteiger partial charge is 0.450 e. The van der Waals surface area contributed by atoms with Crippen LogP contribution in [0.3, 0.4) is 0 Å². The SMILES string of the molecule is CCCC.O=C(O)/N=N/C(=O)O.O=C(O)N1CCC(Oc2ccc(Cl)c(Cl)c2)CC1. The van der Waals surface area contributed by atoms with Crippen LogP contribution in [-0.2, 0) is 0 Å². The summed E-state index contributed by atoms with van der Waals surface area (Å²) in [6.07, 6.45) is -0.0698. The van der Waals surface area contributed by atoms with Gasteiger partial charge < -0.3 is 25.0 Å². The van der Waals surface area contributed by atoms with Crippen LogP contribution in [0.15, 0.2) is 28.4 Å². The third kappa shape index (κ3) is 12.8. The van der Waals surface area contributed by atoms with E-state index in [-0.39, 0.29) is 6.10 Å². The molecular formula is C18H25Cl2N3O7. The summed E-state index contributed by atoms with van der Waals surface area (Å²) in [7, 11) is 0. The van der Waals surface area contributed by atoms with Gasteiger partial charge >= 0.3 is 18.3 Å². The maximum absolute atomic E-state index is 10.8. The molecule has 0 radical (unpaired) electrons. The Morgan fingerprint density at radius 3 is 1.87 bits per heavy atom. The van der Waals surface area contributed by atoms with Gasteiger partial charge in [-0.1, -0.05) is 60.1 Å². The minimum absolute atomic E-state index is 0.0258. The first-order chi connectivity index (χ1) is 14.1. The van der Waals surface area contributed by atoms with Crippen molar-refractivity contribution in [3.8, 4) is 5.75 Å². The van der Waals surface area contributed by atoms with E-state index in [1.54, 1.807) is 18.2 Å². The van der Waals surface area contributed by atoms with E-state index in [0.29, 0.717) is 41.7 Å². The molecule has 0 atom stereocenters. The largest absolute Gasteiger partial charge is 0.490 e. The van der Waals surface area contributed by atoms with Gasteiger partial charge in [-0.25, -0.2) is 14.4 Å². The zero-order chi connectivity index (χ0) is 23.1. The second-order valence-electron chi connectivity index (χ2n) is 5.93. The van der Waals surface area contributed by atoms with Crippen LogP contribution in [0.5, 0.6) is 5.75 Å². The quantitative estimate of drug-likeness (QED) is 0.455. The fourth-order valence-corrected chi connectivity index (χ4v) is 2.28. The van der Waals surface area contributed by atoms with Crippen molar-refractivity contribution in [2.75, 3.05) is 13.1 Å². The highest BCUT2D eigenvalue weighted by Gasteiger charge is 2.23. The van der Waals surface area contributed by atoms with Gasteiger partial charge in [-0.3, -0.25) is 0 Å². The maximum atomic E-state index is 10.8. The van der Waals surface area contributed by atoms with Crippen LogP contribution in [0.2, 0.25) is 10.0 Å². The van der Waals surface area contributed by atoms with Crippen LogP contribution in [0.1, 0.15) is 39.5 Å². The van der Waals surface area contributed by atoms with E-state index < -0.39 is 18.3 Å². The molecule has 0 aromatic heterocycles. The molecule has 1 fully saturated rings. The number of hydrogen-bond donors (Lipinski definition) is 3. The van der Waals surface area contributed by atoms with Crippen LogP contribution >= 0.6 is 23.2 Å². The number of piperidine rings is 1. The van der Waals surface area contributed by atoms with E-state index in [2.05, 4.69) is 24.1 Å². The highest BCUT2D eigenvalue weighted by molar-refractivity contribution is 6.42. The Kier molecular flexibility index (Phi) is 14.0. The molecule has 0 spiro atoms. The number of likely N-dealkylation sites (tertiary alicyclic amines) is 1. The van der Waals surface area contributed by atoms with Crippen LogP contribution < -0.4 is 4.74 Å². The van der Waals surface area contributed by atoms with Gasteiger partial charge in [0.05, 0.1) is 10.0 Å². The van der Waals surface area contributed by atoms with Gasteiger partial charge in [0.15, 0.2) is 0 Å². The lowest BCUT2D eigenvalue weighted by Gasteiger charge is -2.30. The van der Waals surface area contributed by atoms with Crippen molar-refractivity contribution >= 4 is 41.5 Å². The summed E-state index contributed by atoms with van der Waals surface area (Å²) in [5.41, 5.74) is 0. The zero-order valence-electron chi connectivity index (χ0n) is 16.6. The molecule has 1 aromatic carbocycles. The Labute approximate surface area is 184 Å². The van der Waals surface area contributed by atoms with Crippen LogP contribution in [0, 0.1) is 0 Å². The molecular weight excluding hydrogens is 441 g/mol. The summed E-state index contributed by atoms with van der Waals surface area (Å²) in [4.78, 5) is 30.9. The molecule has 3 amide bonds. The number of benzene rings is 1. The molecule has 1 aliphatic heterocycles. The van der Waals surface area contributed by atoms with Gasteiger partial charge in [0, 0.05) is 32.0 Å². The summed E-state index contributed by atoms with van der Waals surface area (Å²) in [6, 6.07) is 5.12. The van der Waals surface area contributed by atoms with Crippen molar-refractivity contribution in [1.82, 2.24) is 4.90 Å². The summed E-state index contributed by atoms with van der Waals surface area (Å²) in [5, 5.41) is 29.6. The molecule has 168 valence electrons. The van der Waals surface area contributed by atoms with Gasteiger partial charge in [0.1, 0.15) is 11.9 Å². The molecule has 30 heavy (non-hydrogen) atoms. The number of carbonyl (C=O) groups is 3. The van der Waals surface area contributed by atoms with E-state index in [1.165, 1.54) is 17.7 Å². The Morgan fingerprint density at radius 2 is 1.50 bits per heavy atom. The Morgan fingerprint density at radius 1 is 1.00 bits per heavy atom. The third-order valence-corrected chi connectivity index (χ3v) is 4.37. The average Bonchev–Trinajstić information content (AvgIpc) is 2.70. The van der Waals surface area contributed by atoms with Gasteiger partial charge in [-0.05, 0) is 12.1 Å². The van der Waals surface area contributed by atoms with E-state index in [9.17, 15) is 14.4 Å². The van der Waals surface area contributed by atoms with Gasteiger partial charge in [-0.2, -0.15) is 0 Å². The minimum Gasteiger partial charge on any atom is -0.490 e. The average molecular weight is 466 g/mol. The molecule has 0 unspecified atom stereocenters. The standard InChI is InChI=1S/C12H13Cl2NO3.C4H10.C2H2N2O4/c13-10-2-1-9(7-11(10)14)18-8-3-5-15(6-4-8)12(16)17;1-3-4-2;5-1(6)3-4-2(7)8/h1-2,7-8H,3-6H2,(H,16,17);3-4H2,1-2H3;(H,5,6)(H,7,8)/b;;4-3+. The fraction of sp³-hybridized carbons (Fsp3) is 0.500. The molecule has 2 rings (SSSR count). The fourth-order valence-electron chi connectivity index (χ4n) is 1.99. The highest BCUT2D eigenvalue weighted by atomic mass is 35.5. The monoisotopic (exact) mass is 465 g/mol. The number of hydrogen-bond acceptors (Lipinski definition) is 4. The lowest BCUT2D eigenvalue weighted by Crippen LogP contribution is -2.41. The van der Waals surface area contributed by atoms with Crippen LogP contribution in [0.25, 0.3) is 0 Å². The Hall–Kier alpha value is -2.59. The Balaban J connectivity index is 0.000000585. The van der Waals surface area contributed by atoms with E-state index in [0.717, 1.165) is 0 Å². The van der Waals surface area contributed by atoms with E-state index >= 15 is 0 Å². The molecule has 1 aromatic rings. The van der Waals surface area contributed by atoms with Crippen LogP contribution in [0.4, 0.5) is 14.4 Å². The molecule has 0 aliphatic carbocycles. The van der Waals surface area contributed by atoms with Crippen molar-refractivity contribution in [2.24, 2.45) is 10.2 Å². The first kappa shape index (κ1) is 27.4. The zero-order valence-corrected chi connectivity index (χ0v) is 18.1. The number of amides is 3. The molecule has 0 bridgehead atoms. The molecule has 3 N–H and O–H groups in total. The second kappa shape index (κ2) is 15.3. The molecule has 1 heterocycles. The number of rotatable bonds is 3. The number of ether oxygens (including phenoxy) is 1. The van der Waals surface area contributed by atoms with Gasteiger partial charge in [-0.15, -0.1) is 0 Å². The highest BCUT2D eigenvalue weighted by Crippen LogP contribution is 2.28. The topological polar surface area (TPSA) is 149 Å². The number of nitrogens with zero attached hydrogens (tertiary/aromatic N) is 3. The lowest BCUT2D eigenvalue weighted by molar-refractivity contribution is 0.0894. The number of unbranched alkanes of at least 4 members (excludes halogenated alkanes) is 1. The van der Waals surface area contributed by atoms with Crippen molar-refractivity contribution < 1.29 is 34.4 Å². The second-order valence-corrected chi connectivity index (χ2v) is 6.74. The van der Waals surface area contributed by atoms with Crippen molar-refractivity contribution in [3.63, 3.8) is 0 Å².